The van der Waals surface area contributed by atoms with Crippen LogP contribution in [0.15, 0.2) is 12.3 Å². The molecule has 12 heavy (non-hydrogen) atoms. The summed E-state index contributed by atoms with van der Waals surface area (Å²) >= 11 is 0. The van der Waals surface area contributed by atoms with Crippen molar-refractivity contribution in [3.63, 3.8) is 0 Å². The van der Waals surface area contributed by atoms with E-state index >= 15 is 0 Å². The van der Waals surface area contributed by atoms with E-state index in [1.807, 2.05) is 0 Å². The van der Waals surface area contributed by atoms with Crippen LogP contribution < -0.4 is 5.32 Å². The van der Waals surface area contributed by atoms with Gasteiger partial charge in [0.25, 0.3) is 0 Å². The molecular formula is C10H21NO. The second kappa shape index (κ2) is 8.60. The monoisotopic (exact) mass is 171 g/mol. The first-order valence-corrected chi connectivity index (χ1v) is 4.82. The van der Waals surface area contributed by atoms with Crippen molar-refractivity contribution in [2.45, 2.75) is 33.1 Å². The van der Waals surface area contributed by atoms with Crippen molar-refractivity contribution in [3.8, 4) is 0 Å². The maximum atomic E-state index is 5.34. The van der Waals surface area contributed by atoms with E-state index in [-0.39, 0.29) is 0 Å². The van der Waals surface area contributed by atoms with Crippen molar-refractivity contribution in [1.29, 1.82) is 0 Å². The van der Waals surface area contributed by atoms with Gasteiger partial charge < -0.3 is 10.1 Å². The molecule has 0 spiro atoms. The third-order valence-corrected chi connectivity index (χ3v) is 1.52. The number of nitrogens with one attached hydrogen (secondary N) is 1. The predicted molar refractivity (Wildman–Crippen MR) is 53.2 cm³/mol. The molecule has 0 aromatic heterocycles. The van der Waals surface area contributed by atoms with Gasteiger partial charge in [-0.2, -0.15) is 0 Å². The molecule has 0 unspecified atom stereocenters. The van der Waals surface area contributed by atoms with Crippen LogP contribution in [0.4, 0.5) is 0 Å². The Labute approximate surface area is 76.0 Å². The number of rotatable bonds is 8. The smallest absolute Gasteiger partial charge is 0.0900 e. The fourth-order valence-corrected chi connectivity index (χ4v) is 0.848. The molecule has 0 aromatic carbocycles. The van der Waals surface area contributed by atoms with E-state index < -0.39 is 0 Å². The van der Waals surface area contributed by atoms with Gasteiger partial charge in [-0.05, 0) is 19.4 Å². The maximum Gasteiger partial charge on any atom is 0.0900 e. The van der Waals surface area contributed by atoms with Crippen molar-refractivity contribution in [1.82, 2.24) is 5.32 Å². The molecule has 0 rings (SSSR count). The molecule has 0 saturated carbocycles. The maximum absolute atomic E-state index is 5.34. The molecule has 0 aliphatic carbocycles. The van der Waals surface area contributed by atoms with E-state index in [1.165, 1.54) is 6.42 Å². The molecule has 2 nitrogen and oxygen atoms in total. The van der Waals surface area contributed by atoms with Crippen LogP contribution in [-0.2, 0) is 4.74 Å². The van der Waals surface area contributed by atoms with Crippen molar-refractivity contribution >= 4 is 0 Å². The molecule has 0 aliphatic heterocycles. The Morgan fingerprint density at radius 2 is 2.00 bits per heavy atom. The molecule has 1 N–H and O–H groups in total. The standard InChI is InChI=1S/C10H21NO/c1-4-7-11-8-6-10(3)12-9-5-2/h11H,3-9H2,1-2H3. The number of hydrogen-bond acceptors (Lipinski definition) is 2. The van der Waals surface area contributed by atoms with Gasteiger partial charge in [0.05, 0.1) is 12.4 Å². The van der Waals surface area contributed by atoms with Gasteiger partial charge >= 0.3 is 0 Å². The second-order valence-electron chi connectivity index (χ2n) is 2.89. The highest BCUT2D eigenvalue weighted by atomic mass is 16.5. The summed E-state index contributed by atoms with van der Waals surface area (Å²) in [6.45, 7) is 11.0. The molecule has 0 aliphatic rings. The Kier molecular flexibility index (Phi) is 8.24. The van der Waals surface area contributed by atoms with Crippen molar-refractivity contribution in [2.75, 3.05) is 19.7 Å². The quantitative estimate of drug-likeness (QED) is 0.447. The highest BCUT2D eigenvalue weighted by Crippen LogP contribution is 1.99. The van der Waals surface area contributed by atoms with E-state index in [9.17, 15) is 0 Å². The Balaban J connectivity index is 3.08. The van der Waals surface area contributed by atoms with Gasteiger partial charge in [0.15, 0.2) is 0 Å². The minimum Gasteiger partial charge on any atom is -0.499 e. The first kappa shape index (κ1) is 11.5. The summed E-state index contributed by atoms with van der Waals surface area (Å²) in [4.78, 5) is 0. The van der Waals surface area contributed by atoms with E-state index in [1.54, 1.807) is 0 Å². The summed E-state index contributed by atoms with van der Waals surface area (Å²) in [5, 5.41) is 3.30. The average molecular weight is 171 g/mol. The molecule has 0 aromatic rings. The SMILES string of the molecule is C=C(CCNCCC)OCCC. The minimum absolute atomic E-state index is 0.798. The lowest BCUT2D eigenvalue weighted by molar-refractivity contribution is 0.204. The summed E-state index contributed by atoms with van der Waals surface area (Å²) in [6.07, 6.45) is 3.17. The third kappa shape index (κ3) is 7.61. The van der Waals surface area contributed by atoms with Crippen molar-refractivity contribution < 1.29 is 4.74 Å². The number of hydrogen-bond donors (Lipinski definition) is 1. The lowest BCUT2D eigenvalue weighted by Crippen LogP contribution is -2.16. The molecule has 0 fully saturated rings. The number of ether oxygens (including phenoxy) is 1. The van der Waals surface area contributed by atoms with Gasteiger partial charge in [-0.1, -0.05) is 20.4 Å². The molecule has 0 bridgehead atoms. The Morgan fingerprint density at radius 1 is 1.25 bits per heavy atom. The zero-order chi connectivity index (χ0) is 9.23. The fourth-order valence-electron chi connectivity index (χ4n) is 0.848. The summed E-state index contributed by atoms with van der Waals surface area (Å²) in [7, 11) is 0. The lowest BCUT2D eigenvalue weighted by Gasteiger charge is -2.07. The highest BCUT2D eigenvalue weighted by molar-refractivity contribution is 4.82. The van der Waals surface area contributed by atoms with Crippen LogP contribution in [0.5, 0.6) is 0 Å². The summed E-state index contributed by atoms with van der Waals surface area (Å²) < 4.78 is 5.34. The van der Waals surface area contributed by atoms with Gasteiger partial charge in [0.2, 0.25) is 0 Å². The molecule has 0 amide bonds. The lowest BCUT2D eigenvalue weighted by atomic mass is 10.3. The van der Waals surface area contributed by atoms with Gasteiger partial charge in [-0.15, -0.1) is 0 Å². The van der Waals surface area contributed by atoms with Crippen LogP contribution in [0.3, 0.4) is 0 Å². The first-order chi connectivity index (χ1) is 5.81. The van der Waals surface area contributed by atoms with Gasteiger partial charge in [-0.3, -0.25) is 0 Å². The zero-order valence-corrected chi connectivity index (χ0v) is 8.36. The zero-order valence-electron chi connectivity index (χ0n) is 8.36. The highest BCUT2D eigenvalue weighted by Gasteiger charge is 1.93. The average Bonchev–Trinajstić information content (AvgIpc) is 2.09. The Morgan fingerprint density at radius 3 is 2.58 bits per heavy atom. The van der Waals surface area contributed by atoms with Gasteiger partial charge in [0, 0.05) is 13.0 Å². The Bertz CT molecular complexity index is 112. The first-order valence-electron chi connectivity index (χ1n) is 4.82. The largest absolute Gasteiger partial charge is 0.499 e. The molecule has 0 radical (unpaired) electrons. The van der Waals surface area contributed by atoms with E-state index in [0.29, 0.717) is 0 Å². The van der Waals surface area contributed by atoms with Crippen LogP contribution in [0.1, 0.15) is 33.1 Å². The van der Waals surface area contributed by atoms with Crippen molar-refractivity contribution in [3.05, 3.63) is 12.3 Å². The van der Waals surface area contributed by atoms with Crippen LogP contribution in [0.2, 0.25) is 0 Å². The minimum atomic E-state index is 0.798. The normalized spacial score (nSPS) is 9.83. The summed E-state index contributed by atoms with van der Waals surface area (Å²) in [5.41, 5.74) is 0. The van der Waals surface area contributed by atoms with E-state index in [2.05, 4.69) is 25.7 Å². The Hall–Kier alpha value is -0.500. The molecule has 0 saturated heterocycles. The van der Waals surface area contributed by atoms with Crippen LogP contribution in [-0.4, -0.2) is 19.7 Å². The fraction of sp³-hybridized carbons (Fsp3) is 0.800. The molecular weight excluding hydrogens is 150 g/mol. The second-order valence-corrected chi connectivity index (χ2v) is 2.89. The van der Waals surface area contributed by atoms with Gasteiger partial charge in [-0.25, -0.2) is 0 Å². The van der Waals surface area contributed by atoms with Crippen molar-refractivity contribution in [2.24, 2.45) is 0 Å². The topological polar surface area (TPSA) is 21.3 Å². The van der Waals surface area contributed by atoms with E-state index in [4.69, 9.17) is 4.74 Å². The third-order valence-electron chi connectivity index (χ3n) is 1.52. The van der Waals surface area contributed by atoms with Crippen LogP contribution >= 0.6 is 0 Å². The molecule has 2 heteroatoms. The molecule has 72 valence electrons. The van der Waals surface area contributed by atoms with Gasteiger partial charge in [0.1, 0.15) is 0 Å². The summed E-state index contributed by atoms with van der Waals surface area (Å²) in [6, 6.07) is 0. The van der Waals surface area contributed by atoms with E-state index in [0.717, 1.165) is 38.3 Å². The van der Waals surface area contributed by atoms with Crippen LogP contribution in [0.25, 0.3) is 0 Å². The molecule has 0 atom stereocenters. The molecule has 0 heterocycles. The summed E-state index contributed by atoms with van der Waals surface area (Å²) in [5.74, 6) is 0.903. The predicted octanol–water partition coefficient (Wildman–Crippen LogP) is 2.32. The van der Waals surface area contributed by atoms with Crippen LogP contribution in [0, 0.1) is 0 Å².